The maximum Gasteiger partial charge on any atom is 0.154 e. The van der Waals surface area contributed by atoms with Crippen molar-refractivity contribution in [3.63, 3.8) is 0 Å². The Kier molecular flexibility index (Phi) is 2.33. The molecule has 0 spiro atoms. The molecule has 3 unspecified atom stereocenters. The monoisotopic (exact) mass is 199 g/mol. The smallest absolute Gasteiger partial charge is 0.154 e. The van der Waals surface area contributed by atoms with Crippen LogP contribution in [0.25, 0.3) is 0 Å². The minimum absolute atomic E-state index is 0.439. The summed E-state index contributed by atoms with van der Waals surface area (Å²) in [6.07, 6.45) is -1.25. The molecule has 0 amide bonds. The maximum absolute atomic E-state index is 10.7. The molecule has 0 saturated carbocycles. The fourth-order valence-corrected chi connectivity index (χ4v) is 4.13. The molecule has 66 valence electrons. The van der Waals surface area contributed by atoms with Gasteiger partial charge in [0.2, 0.25) is 0 Å². The molecule has 1 fully saturated rings. The van der Waals surface area contributed by atoms with Crippen LogP contribution >= 0.6 is 0 Å². The van der Waals surface area contributed by atoms with Crippen LogP contribution in [0.3, 0.4) is 0 Å². The highest BCUT2D eigenvalue weighted by atomic mass is 32.2. The van der Waals surface area contributed by atoms with Gasteiger partial charge in [-0.25, -0.2) is 8.42 Å². The first-order chi connectivity index (χ1) is 4.92. The first-order valence-electron chi connectivity index (χ1n) is 2.89. The Morgan fingerprint density at radius 1 is 1.45 bits per heavy atom. The highest BCUT2D eigenvalue weighted by molar-refractivity contribution is 7.93. The second-order valence-electron chi connectivity index (χ2n) is 2.44. The third kappa shape index (κ3) is 1.98. The molecule has 1 heterocycles. The molecule has 0 radical (unpaired) electrons. The lowest BCUT2D eigenvalue weighted by Gasteiger charge is -2.14. The summed E-state index contributed by atoms with van der Waals surface area (Å²) in [5.41, 5.74) is 0. The highest BCUT2D eigenvalue weighted by Crippen LogP contribution is 2.16. The average Bonchev–Trinajstić information content (AvgIpc) is 2.05. The summed E-state index contributed by atoms with van der Waals surface area (Å²) in [7, 11) is -3.33. The quantitative estimate of drug-likeness (QED) is 0.494. The van der Waals surface area contributed by atoms with Gasteiger partial charge in [-0.15, -0.1) is 0 Å². The lowest BCUT2D eigenvalue weighted by atomic mass is 10.3. The zero-order chi connectivity index (χ0) is 8.65. The second kappa shape index (κ2) is 2.81. The van der Waals surface area contributed by atoms with Crippen LogP contribution in [0.5, 0.6) is 0 Å². The van der Waals surface area contributed by atoms with Crippen LogP contribution in [0.1, 0.15) is 0 Å². The molecular weight excluding hydrogens is 192 g/mol. The summed E-state index contributed by atoms with van der Waals surface area (Å²) in [6.45, 7) is 0. The van der Waals surface area contributed by atoms with Gasteiger partial charge in [-0.2, -0.15) is 0 Å². The van der Waals surface area contributed by atoms with Crippen LogP contribution in [0.4, 0.5) is 0 Å². The Bertz CT molecular complexity index is 268. The SMILES string of the molecule is O=S([O-])C1CS(=O)(=O)CC1O. The molecule has 3 atom stereocenters. The number of sulfone groups is 1. The molecule has 0 bridgehead atoms. The minimum atomic E-state index is -3.33. The summed E-state index contributed by atoms with van der Waals surface area (Å²) in [4.78, 5) is 0. The lowest BCUT2D eigenvalue weighted by molar-refractivity contribution is 0.203. The molecule has 11 heavy (non-hydrogen) atoms. The highest BCUT2D eigenvalue weighted by Gasteiger charge is 2.36. The predicted molar refractivity (Wildman–Crippen MR) is 37.4 cm³/mol. The van der Waals surface area contributed by atoms with Gasteiger partial charge >= 0.3 is 0 Å². The van der Waals surface area contributed by atoms with E-state index in [9.17, 15) is 17.2 Å². The summed E-state index contributed by atoms with van der Waals surface area (Å²) < 4.78 is 42.0. The number of aliphatic hydroxyl groups excluding tert-OH is 1. The Balaban J connectivity index is 2.83. The zero-order valence-electron chi connectivity index (χ0n) is 5.47. The van der Waals surface area contributed by atoms with Crippen LogP contribution in [-0.2, 0) is 20.9 Å². The van der Waals surface area contributed by atoms with Crippen molar-refractivity contribution in [2.75, 3.05) is 11.5 Å². The van der Waals surface area contributed by atoms with Gasteiger partial charge in [-0.1, -0.05) is 0 Å². The average molecular weight is 199 g/mol. The molecule has 0 aromatic rings. The molecule has 0 aliphatic carbocycles. The van der Waals surface area contributed by atoms with Crippen LogP contribution in [0.2, 0.25) is 0 Å². The number of aliphatic hydroxyl groups is 1. The van der Waals surface area contributed by atoms with Gasteiger partial charge in [-0.05, 0) is 11.1 Å². The Labute approximate surface area is 66.6 Å². The van der Waals surface area contributed by atoms with Gasteiger partial charge < -0.3 is 9.66 Å². The topological polar surface area (TPSA) is 94.5 Å². The van der Waals surface area contributed by atoms with Crippen molar-refractivity contribution in [3.8, 4) is 0 Å². The second-order valence-corrected chi connectivity index (χ2v) is 5.72. The lowest BCUT2D eigenvalue weighted by Crippen LogP contribution is -2.28. The zero-order valence-corrected chi connectivity index (χ0v) is 7.10. The van der Waals surface area contributed by atoms with Crippen molar-refractivity contribution < 1.29 is 22.3 Å². The van der Waals surface area contributed by atoms with Crippen LogP contribution in [-0.4, -0.2) is 45.1 Å². The van der Waals surface area contributed by atoms with E-state index in [1.54, 1.807) is 0 Å². The maximum atomic E-state index is 10.7. The first kappa shape index (κ1) is 9.11. The van der Waals surface area contributed by atoms with E-state index >= 15 is 0 Å². The van der Waals surface area contributed by atoms with E-state index in [1.165, 1.54) is 0 Å². The summed E-state index contributed by atoms with van der Waals surface area (Å²) in [5.74, 6) is -0.893. The molecule has 1 saturated heterocycles. The Morgan fingerprint density at radius 2 is 2.00 bits per heavy atom. The summed E-state index contributed by atoms with van der Waals surface area (Å²) >= 11 is -2.50. The molecule has 7 heteroatoms. The van der Waals surface area contributed by atoms with Crippen molar-refractivity contribution in [2.45, 2.75) is 11.4 Å². The van der Waals surface area contributed by atoms with Crippen molar-refractivity contribution in [3.05, 3.63) is 0 Å². The standard InChI is InChI=1S/C4H8O5S2/c5-3-1-11(8,9)2-4(3)10(6)7/h3-5H,1-2H2,(H,6,7)/p-1. The molecule has 1 N–H and O–H groups in total. The summed E-state index contributed by atoms with van der Waals surface area (Å²) in [5, 5.41) is 7.78. The van der Waals surface area contributed by atoms with E-state index < -0.39 is 43.8 Å². The Morgan fingerprint density at radius 3 is 2.18 bits per heavy atom. The van der Waals surface area contributed by atoms with Crippen LogP contribution < -0.4 is 0 Å². The Hall–Kier alpha value is 0.0200. The number of hydrogen-bond acceptors (Lipinski definition) is 5. The van der Waals surface area contributed by atoms with Crippen LogP contribution in [0.15, 0.2) is 0 Å². The van der Waals surface area contributed by atoms with E-state index in [-0.39, 0.29) is 0 Å². The third-order valence-electron chi connectivity index (χ3n) is 1.52. The molecule has 0 aromatic heterocycles. The van der Waals surface area contributed by atoms with Crippen molar-refractivity contribution in [2.24, 2.45) is 0 Å². The molecule has 1 aliphatic rings. The van der Waals surface area contributed by atoms with E-state index in [1.807, 2.05) is 0 Å². The predicted octanol–water partition coefficient (Wildman–Crippen LogP) is -1.98. The van der Waals surface area contributed by atoms with Crippen molar-refractivity contribution in [1.82, 2.24) is 0 Å². The van der Waals surface area contributed by atoms with E-state index in [0.717, 1.165) is 0 Å². The van der Waals surface area contributed by atoms with Gasteiger partial charge in [0.15, 0.2) is 9.84 Å². The largest absolute Gasteiger partial charge is 0.772 e. The third-order valence-corrected chi connectivity index (χ3v) is 4.42. The van der Waals surface area contributed by atoms with Crippen molar-refractivity contribution in [1.29, 1.82) is 0 Å². The first-order valence-corrected chi connectivity index (χ1v) is 5.85. The number of rotatable bonds is 1. The normalized spacial score (nSPS) is 38.7. The molecule has 1 aliphatic heterocycles. The van der Waals surface area contributed by atoms with Gasteiger partial charge in [0.25, 0.3) is 0 Å². The molecule has 1 rings (SSSR count). The van der Waals surface area contributed by atoms with Crippen LogP contribution in [0, 0.1) is 0 Å². The number of hydrogen-bond donors (Lipinski definition) is 1. The van der Waals surface area contributed by atoms with Gasteiger partial charge in [0, 0.05) is 0 Å². The summed E-state index contributed by atoms with van der Waals surface area (Å²) in [6, 6.07) is 0. The van der Waals surface area contributed by atoms with Crippen molar-refractivity contribution >= 4 is 20.9 Å². The molecule has 0 aromatic carbocycles. The minimum Gasteiger partial charge on any atom is -0.772 e. The van der Waals surface area contributed by atoms with Gasteiger partial charge in [-0.3, -0.25) is 4.21 Å². The van der Waals surface area contributed by atoms with Gasteiger partial charge in [0.1, 0.15) is 0 Å². The fraction of sp³-hybridized carbons (Fsp3) is 1.00. The molecular formula is C4H7O5S2-. The van der Waals surface area contributed by atoms with Gasteiger partial charge in [0.05, 0.1) is 22.9 Å². The van der Waals surface area contributed by atoms with E-state index in [2.05, 4.69) is 0 Å². The molecule has 5 nitrogen and oxygen atoms in total. The van der Waals surface area contributed by atoms with E-state index in [4.69, 9.17) is 5.11 Å². The van der Waals surface area contributed by atoms with E-state index in [0.29, 0.717) is 0 Å². The fourth-order valence-electron chi connectivity index (χ4n) is 0.981.